The first kappa shape index (κ1) is 12.4. The van der Waals surface area contributed by atoms with E-state index in [0.717, 1.165) is 5.39 Å². The third-order valence-electron chi connectivity index (χ3n) is 3.12. The van der Waals surface area contributed by atoms with Crippen molar-refractivity contribution in [2.45, 2.75) is 6.92 Å². The van der Waals surface area contributed by atoms with Gasteiger partial charge in [-0.1, -0.05) is 6.07 Å². The highest BCUT2D eigenvalue weighted by molar-refractivity contribution is 5.93. The van der Waals surface area contributed by atoms with Gasteiger partial charge in [-0.2, -0.15) is 0 Å². The van der Waals surface area contributed by atoms with Crippen LogP contribution < -0.4 is 10.5 Å². The highest BCUT2D eigenvalue weighted by atomic mass is 19.1. The van der Waals surface area contributed by atoms with Crippen molar-refractivity contribution >= 4 is 16.6 Å². The lowest BCUT2D eigenvalue weighted by molar-refractivity contribution is 0.485. The Hall–Kier alpha value is -2.62. The molecule has 3 aromatic rings. The molecule has 0 spiro atoms. The molecule has 0 unspecified atom stereocenters. The van der Waals surface area contributed by atoms with Crippen molar-refractivity contribution in [2.75, 3.05) is 5.73 Å². The molecule has 4 heteroatoms. The molecular weight excluding hydrogens is 255 g/mol. The van der Waals surface area contributed by atoms with Crippen LogP contribution in [0.2, 0.25) is 0 Å². The largest absolute Gasteiger partial charge is 0.457 e. The van der Waals surface area contributed by atoms with Crippen LogP contribution >= 0.6 is 0 Å². The van der Waals surface area contributed by atoms with Gasteiger partial charge in [0.1, 0.15) is 17.3 Å². The molecule has 100 valence electrons. The van der Waals surface area contributed by atoms with Crippen molar-refractivity contribution in [3.8, 4) is 11.5 Å². The maximum atomic E-state index is 13.3. The average Bonchev–Trinajstić information content (AvgIpc) is 2.44. The van der Waals surface area contributed by atoms with Crippen LogP contribution in [0.25, 0.3) is 10.9 Å². The fraction of sp³-hybridized carbons (Fsp3) is 0.0625. The van der Waals surface area contributed by atoms with Crippen LogP contribution in [0.3, 0.4) is 0 Å². The molecule has 0 aliphatic carbocycles. The highest BCUT2D eigenvalue weighted by Gasteiger charge is 2.07. The molecule has 0 saturated heterocycles. The number of para-hydroxylation sites is 1. The van der Waals surface area contributed by atoms with Crippen LogP contribution in [0.5, 0.6) is 11.5 Å². The lowest BCUT2D eigenvalue weighted by Crippen LogP contribution is -1.92. The summed E-state index contributed by atoms with van der Waals surface area (Å²) in [5.74, 6) is 0.980. The molecule has 2 aromatic carbocycles. The summed E-state index contributed by atoms with van der Waals surface area (Å²) in [6.45, 7) is 1.70. The van der Waals surface area contributed by atoms with Crippen molar-refractivity contribution in [1.82, 2.24) is 4.98 Å². The predicted molar refractivity (Wildman–Crippen MR) is 77.4 cm³/mol. The number of ether oxygens (including phenoxy) is 1. The Morgan fingerprint density at radius 3 is 2.80 bits per heavy atom. The van der Waals surface area contributed by atoms with Gasteiger partial charge in [-0.3, -0.25) is 4.98 Å². The van der Waals surface area contributed by atoms with Crippen molar-refractivity contribution in [2.24, 2.45) is 0 Å². The minimum Gasteiger partial charge on any atom is -0.457 e. The summed E-state index contributed by atoms with van der Waals surface area (Å²) in [6.07, 6.45) is 1.64. The molecule has 0 amide bonds. The average molecular weight is 268 g/mol. The molecule has 3 nitrogen and oxygen atoms in total. The van der Waals surface area contributed by atoms with Crippen LogP contribution in [0, 0.1) is 12.7 Å². The van der Waals surface area contributed by atoms with Gasteiger partial charge in [0.25, 0.3) is 0 Å². The second-order valence-electron chi connectivity index (χ2n) is 4.57. The van der Waals surface area contributed by atoms with E-state index in [4.69, 9.17) is 10.5 Å². The van der Waals surface area contributed by atoms with Crippen molar-refractivity contribution in [3.63, 3.8) is 0 Å². The standard InChI is InChI=1S/C16H13FN2O/c1-10-9-11(5-6-13(10)17)20-15-7-8-19-16-12(15)3-2-4-14(16)18/h2-9H,18H2,1H3. The predicted octanol–water partition coefficient (Wildman–Crippen LogP) is 4.06. The van der Waals surface area contributed by atoms with Crippen LogP contribution in [0.15, 0.2) is 48.7 Å². The van der Waals surface area contributed by atoms with Gasteiger partial charge in [0, 0.05) is 11.6 Å². The van der Waals surface area contributed by atoms with Gasteiger partial charge in [0.05, 0.1) is 11.2 Å². The van der Waals surface area contributed by atoms with Crippen molar-refractivity contribution in [3.05, 3.63) is 60.0 Å². The number of hydrogen-bond donors (Lipinski definition) is 1. The van der Waals surface area contributed by atoms with E-state index in [9.17, 15) is 4.39 Å². The first-order chi connectivity index (χ1) is 9.65. The van der Waals surface area contributed by atoms with Crippen molar-refractivity contribution in [1.29, 1.82) is 0 Å². The van der Waals surface area contributed by atoms with Gasteiger partial charge >= 0.3 is 0 Å². The maximum absolute atomic E-state index is 13.3. The number of aryl methyl sites for hydroxylation is 1. The van der Waals surface area contributed by atoms with Gasteiger partial charge in [-0.15, -0.1) is 0 Å². The monoisotopic (exact) mass is 268 g/mol. The number of fused-ring (bicyclic) bond motifs is 1. The molecular formula is C16H13FN2O. The number of pyridine rings is 1. The van der Waals surface area contributed by atoms with Gasteiger partial charge in [-0.05, 0) is 48.9 Å². The van der Waals surface area contributed by atoms with E-state index in [2.05, 4.69) is 4.98 Å². The Bertz CT molecular complexity index is 787. The number of benzene rings is 2. The van der Waals surface area contributed by atoms with E-state index in [0.29, 0.717) is 28.3 Å². The Morgan fingerprint density at radius 2 is 2.00 bits per heavy atom. The molecule has 20 heavy (non-hydrogen) atoms. The van der Waals surface area contributed by atoms with Gasteiger partial charge in [-0.25, -0.2) is 4.39 Å². The van der Waals surface area contributed by atoms with E-state index < -0.39 is 0 Å². The molecule has 1 aromatic heterocycles. The summed E-state index contributed by atoms with van der Waals surface area (Å²) in [4.78, 5) is 4.25. The van der Waals surface area contributed by atoms with E-state index in [1.165, 1.54) is 6.07 Å². The number of nitrogens with zero attached hydrogens (tertiary/aromatic N) is 1. The molecule has 0 saturated carbocycles. The number of nitrogens with two attached hydrogens (primary N) is 1. The number of halogens is 1. The number of anilines is 1. The lowest BCUT2D eigenvalue weighted by atomic mass is 10.2. The molecule has 2 N–H and O–H groups in total. The number of hydrogen-bond acceptors (Lipinski definition) is 3. The third kappa shape index (κ3) is 2.16. The summed E-state index contributed by atoms with van der Waals surface area (Å²) in [5, 5.41) is 0.828. The third-order valence-corrected chi connectivity index (χ3v) is 3.12. The number of nitrogen functional groups attached to an aromatic ring is 1. The zero-order valence-corrected chi connectivity index (χ0v) is 10.9. The summed E-state index contributed by atoms with van der Waals surface area (Å²) in [5.41, 5.74) is 7.74. The van der Waals surface area contributed by atoms with E-state index >= 15 is 0 Å². The molecule has 0 fully saturated rings. The van der Waals surface area contributed by atoms with Crippen LogP contribution in [-0.2, 0) is 0 Å². The van der Waals surface area contributed by atoms with Gasteiger partial charge in [0.2, 0.25) is 0 Å². The normalized spacial score (nSPS) is 10.7. The Balaban J connectivity index is 2.06. The molecule has 3 rings (SSSR count). The Labute approximate surface area is 115 Å². The minimum atomic E-state index is -0.249. The summed E-state index contributed by atoms with van der Waals surface area (Å²) in [7, 11) is 0. The summed E-state index contributed by atoms with van der Waals surface area (Å²) >= 11 is 0. The van der Waals surface area contributed by atoms with Gasteiger partial charge in [0.15, 0.2) is 0 Å². The zero-order valence-electron chi connectivity index (χ0n) is 10.9. The SMILES string of the molecule is Cc1cc(Oc2ccnc3c(N)cccc23)ccc1F. The first-order valence-electron chi connectivity index (χ1n) is 6.22. The maximum Gasteiger partial charge on any atom is 0.138 e. The first-order valence-corrected chi connectivity index (χ1v) is 6.22. The lowest BCUT2D eigenvalue weighted by Gasteiger charge is -2.10. The Morgan fingerprint density at radius 1 is 1.15 bits per heavy atom. The molecule has 0 radical (unpaired) electrons. The van der Waals surface area contributed by atoms with Crippen molar-refractivity contribution < 1.29 is 9.13 Å². The molecule has 0 atom stereocenters. The quantitative estimate of drug-likeness (QED) is 0.713. The second kappa shape index (κ2) is 4.81. The molecule has 0 aliphatic heterocycles. The summed E-state index contributed by atoms with van der Waals surface area (Å²) in [6, 6.07) is 11.9. The zero-order chi connectivity index (χ0) is 14.1. The van der Waals surface area contributed by atoms with E-state index in [1.807, 2.05) is 12.1 Å². The second-order valence-corrected chi connectivity index (χ2v) is 4.57. The number of aromatic nitrogens is 1. The number of rotatable bonds is 2. The molecule has 0 aliphatic rings. The van der Waals surface area contributed by atoms with Crippen LogP contribution in [-0.4, -0.2) is 4.98 Å². The van der Waals surface area contributed by atoms with Gasteiger partial charge < -0.3 is 10.5 Å². The van der Waals surface area contributed by atoms with Crippen LogP contribution in [0.4, 0.5) is 10.1 Å². The smallest absolute Gasteiger partial charge is 0.138 e. The van der Waals surface area contributed by atoms with E-state index in [1.54, 1.807) is 37.4 Å². The molecule has 1 heterocycles. The Kier molecular flexibility index (Phi) is 2.99. The summed E-state index contributed by atoms with van der Waals surface area (Å²) < 4.78 is 19.1. The van der Waals surface area contributed by atoms with E-state index in [-0.39, 0.29) is 5.82 Å². The fourth-order valence-corrected chi connectivity index (χ4v) is 2.07. The molecule has 0 bridgehead atoms. The fourth-order valence-electron chi connectivity index (χ4n) is 2.07. The highest BCUT2D eigenvalue weighted by Crippen LogP contribution is 2.31. The topological polar surface area (TPSA) is 48.1 Å². The van der Waals surface area contributed by atoms with Crippen LogP contribution in [0.1, 0.15) is 5.56 Å². The minimum absolute atomic E-state index is 0.249.